The zero-order valence-corrected chi connectivity index (χ0v) is 20.0. The summed E-state index contributed by atoms with van der Waals surface area (Å²) < 4.78 is 7.81. The fourth-order valence-corrected chi connectivity index (χ4v) is 4.12. The summed E-state index contributed by atoms with van der Waals surface area (Å²) in [5.41, 5.74) is 2.89. The third-order valence-corrected chi connectivity index (χ3v) is 5.89. The predicted molar refractivity (Wildman–Crippen MR) is 123 cm³/mol. The number of pyridine rings is 1. The highest BCUT2D eigenvalue weighted by atomic mass is 16.5. The van der Waals surface area contributed by atoms with Crippen LogP contribution in [-0.2, 0) is 24.9 Å². The summed E-state index contributed by atoms with van der Waals surface area (Å²) in [6.07, 6.45) is 2.81. The molecule has 182 valence electrons. The van der Waals surface area contributed by atoms with E-state index in [-0.39, 0.29) is 12.0 Å². The van der Waals surface area contributed by atoms with Crippen molar-refractivity contribution in [2.45, 2.75) is 65.6 Å². The first-order valence-electron chi connectivity index (χ1n) is 11.6. The van der Waals surface area contributed by atoms with Crippen LogP contribution in [0.1, 0.15) is 50.9 Å². The SMILES string of the molecule is Cc1nc(-c2nnn(C)c2CNc2nnn(CC(C)C)n2)ccc1O[C@H]1CCCC(C(=O)O)C1. The number of carbonyl (C=O) groups is 1. The average molecular weight is 470 g/mol. The van der Waals surface area contributed by atoms with Crippen molar-refractivity contribution >= 4 is 11.9 Å². The van der Waals surface area contributed by atoms with E-state index in [0.29, 0.717) is 54.9 Å². The summed E-state index contributed by atoms with van der Waals surface area (Å²) in [7, 11) is 1.82. The number of hydrogen-bond acceptors (Lipinski definition) is 9. The number of nitrogens with zero attached hydrogens (tertiary/aromatic N) is 8. The van der Waals surface area contributed by atoms with Crippen LogP contribution in [0.5, 0.6) is 5.75 Å². The summed E-state index contributed by atoms with van der Waals surface area (Å²) in [4.78, 5) is 17.6. The van der Waals surface area contributed by atoms with Crippen LogP contribution < -0.4 is 10.1 Å². The van der Waals surface area contributed by atoms with Gasteiger partial charge in [-0.25, -0.2) is 9.67 Å². The summed E-state index contributed by atoms with van der Waals surface area (Å²) in [6.45, 7) is 7.17. The van der Waals surface area contributed by atoms with Gasteiger partial charge in [0, 0.05) is 7.05 Å². The van der Waals surface area contributed by atoms with Crippen molar-refractivity contribution in [3.63, 3.8) is 0 Å². The second-order valence-corrected chi connectivity index (χ2v) is 9.15. The standard InChI is InChI=1S/C22H31N9O3/c1-13(2)12-31-27-22(26-29-31)23-11-18-20(25-28-30(18)4)17-8-9-19(14(3)24-17)34-16-7-5-6-15(10-16)21(32)33/h8-9,13,15-16H,5-7,10-12H2,1-4H3,(H,23,27)(H,32,33)/t15?,16-/m0/s1. The first kappa shape index (κ1) is 23.6. The molecule has 3 aromatic rings. The fourth-order valence-electron chi connectivity index (χ4n) is 4.12. The molecule has 1 saturated carbocycles. The van der Waals surface area contributed by atoms with E-state index in [1.54, 1.807) is 9.48 Å². The van der Waals surface area contributed by atoms with Crippen molar-refractivity contribution in [1.29, 1.82) is 0 Å². The van der Waals surface area contributed by atoms with Crippen molar-refractivity contribution < 1.29 is 14.6 Å². The van der Waals surface area contributed by atoms with Gasteiger partial charge in [0.1, 0.15) is 11.4 Å². The van der Waals surface area contributed by atoms with E-state index in [0.717, 1.165) is 24.2 Å². The molecular weight excluding hydrogens is 438 g/mol. The minimum Gasteiger partial charge on any atom is -0.489 e. The van der Waals surface area contributed by atoms with Crippen molar-refractivity contribution in [3.8, 4) is 17.1 Å². The first-order valence-corrected chi connectivity index (χ1v) is 11.6. The highest BCUT2D eigenvalue weighted by Crippen LogP contribution is 2.30. The van der Waals surface area contributed by atoms with E-state index >= 15 is 0 Å². The Morgan fingerprint density at radius 2 is 2.09 bits per heavy atom. The fraction of sp³-hybridized carbons (Fsp3) is 0.591. The van der Waals surface area contributed by atoms with Crippen LogP contribution in [0.3, 0.4) is 0 Å². The quantitative estimate of drug-likeness (QED) is 0.479. The Labute approximate surface area is 197 Å². The number of aryl methyl sites for hydroxylation is 2. The molecule has 34 heavy (non-hydrogen) atoms. The summed E-state index contributed by atoms with van der Waals surface area (Å²) >= 11 is 0. The zero-order chi connectivity index (χ0) is 24.2. The molecule has 0 aromatic carbocycles. The van der Waals surface area contributed by atoms with Gasteiger partial charge in [0.25, 0.3) is 5.95 Å². The van der Waals surface area contributed by atoms with Gasteiger partial charge in [-0.2, -0.15) is 4.80 Å². The molecule has 1 aliphatic rings. The molecule has 3 aromatic heterocycles. The molecule has 0 spiro atoms. The van der Waals surface area contributed by atoms with E-state index in [2.05, 4.69) is 44.9 Å². The third-order valence-electron chi connectivity index (χ3n) is 5.89. The molecule has 3 heterocycles. The Kier molecular flexibility index (Phi) is 7.03. The van der Waals surface area contributed by atoms with E-state index in [1.807, 2.05) is 26.1 Å². The molecule has 1 fully saturated rings. The van der Waals surface area contributed by atoms with Crippen molar-refractivity contribution in [2.24, 2.45) is 18.9 Å². The van der Waals surface area contributed by atoms with Crippen LogP contribution in [0, 0.1) is 18.8 Å². The summed E-state index contributed by atoms with van der Waals surface area (Å²) in [6, 6.07) is 3.72. The Hall–Kier alpha value is -3.57. The van der Waals surface area contributed by atoms with Gasteiger partial charge in [-0.3, -0.25) is 4.79 Å². The molecular formula is C22H31N9O3. The largest absolute Gasteiger partial charge is 0.489 e. The van der Waals surface area contributed by atoms with Crippen LogP contribution in [0.15, 0.2) is 12.1 Å². The minimum atomic E-state index is -0.750. The number of rotatable bonds is 9. The second-order valence-electron chi connectivity index (χ2n) is 9.15. The Morgan fingerprint density at radius 1 is 1.26 bits per heavy atom. The van der Waals surface area contributed by atoms with E-state index < -0.39 is 5.97 Å². The summed E-state index contributed by atoms with van der Waals surface area (Å²) in [5.74, 6) is 0.428. The number of anilines is 1. The lowest BCUT2D eigenvalue weighted by molar-refractivity contribution is -0.143. The number of tetrazole rings is 1. The van der Waals surface area contributed by atoms with Gasteiger partial charge in [0.05, 0.1) is 42.2 Å². The Bertz CT molecular complexity index is 1140. The molecule has 0 radical (unpaired) electrons. The van der Waals surface area contributed by atoms with Gasteiger partial charge in [-0.05, 0) is 55.9 Å². The van der Waals surface area contributed by atoms with Gasteiger partial charge in [-0.1, -0.05) is 24.2 Å². The zero-order valence-electron chi connectivity index (χ0n) is 20.0. The average Bonchev–Trinajstić information content (AvgIpc) is 3.39. The number of hydrogen-bond donors (Lipinski definition) is 2. The molecule has 12 heteroatoms. The maximum atomic E-state index is 11.3. The number of aromatic nitrogens is 8. The minimum absolute atomic E-state index is 0.117. The lowest BCUT2D eigenvalue weighted by atomic mass is 9.87. The maximum Gasteiger partial charge on any atom is 0.306 e. The van der Waals surface area contributed by atoms with Crippen LogP contribution in [-0.4, -0.2) is 57.4 Å². The van der Waals surface area contributed by atoms with Crippen LogP contribution in [0.2, 0.25) is 0 Å². The molecule has 1 aliphatic carbocycles. The lowest BCUT2D eigenvalue weighted by Crippen LogP contribution is -2.29. The molecule has 2 atom stereocenters. The topological polar surface area (TPSA) is 146 Å². The van der Waals surface area contributed by atoms with Gasteiger partial charge in [0.15, 0.2) is 0 Å². The van der Waals surface area contributed by atoms with Crippen LogP contribution in [0.25, 0.3) is 11.4 Å². The first-order chi connectivity index (χ1) is 16.3. The van der Waals surface area contributed by atoms with Crippen molar-refractivity contribution in [2.75, 3.05) is 5.32 Å². The molecule has 2 N–H and O–H groups in total. The highest BCUT2D eigenvalue weighted by molar-refractivity contribution is 5.70. The third kappa shape index (κ3) is 5.49. The maximum absolute atomic E-state index is 11.3. The molecule has 4 rings (SSSR count). The number of carboxylic acids is 1. The lowest BCUT2D eigenvalue weighted by Gasteiger charge is -2.27. The molecule has 0 saturated heterocycles. The molecule has 1 unspecified atom stereocenters. The van der Waals surface area contributed by atoms with Gasteiger partial charge >= 0.3 is 5.97 Å². The number of nitrogens with one attached hydrogen (secondary N) is 1. The molecule has 0 bridgehead atoms. The molecule has 12 nitrogen and oxygen atoms in total. The number of ether oxygens (including phenoxy) is 1. The van der Waals surface area contributed by atoms with Crippen LogP contribution in [0.4, 0.5) is 5.95 Å². The number of carboxylic acid groups (broad SMARTS) is 1. The second kappa shape index (κ2) is 10.1. The Morgan fingerprint density at radius 3 is 2.82 bits per heavy atom. The summed E-state index contributed by atoms with van der Waals surface area (Å²) in [5, 5.41) is 33.4. The van der Waals surface area contributed by atoms with E-state index in [4.69, 9.17) is 9.72 Å². The van der Waals surface area contributed by atoms with Gasteiger partial charge < -0.3 is 15.2 Å². The van der Waals surface area contributed by atoms with Crippen LogP contribution >= 0.6 is 0 Å². The van der Waals surface area contributed by atoms with E-state index in [9.17, 15) is 9.90 Å². The molecule has 0 amide bonds. The van der Waals surface area contributed by atoms with Crippen molar-refractivity contribution in [1.82, 2.24) is 40.2 Å². The number of aliphatic carboxylic acids is 1. The Balaban J connectivity index is 1.45. The van der Waals surface area contributed by atoms with Crippen molar-refractivity contribution in [3.05, 3.63) is 23.5 Å². The smallest absolute Gasteiger partial charge is 0.306 e. The van der Waals surface area contributed by atoms with Gasteiger partial charge in [0.2, 0.25) is 0 Å². The normalized spacial score (nSPS) is 18.3. The monoisotopic (exact) mass is 469 g/mol. The van der Waals surface area contributed by atoms with Gasteiger partial charge in [-0.15, -0.1) is 10.2 Å². The highest BCUT2D eigenvalue weighted by Gasteiger charge is 2.28. The van der Waals surface area contributed by atoms with E-state index in [1.165, 1.54) is 0 Å². The molecule has 0 aliphatic heterocycles. The predicted octanol–water partition coefficient (Wildman–Crippen LogP) is 2.46.